The van der Waals surface area contributed by atoms with E-state index in [0.29, 0.717) is 0 Å². The van der Waals surface area contributed by atoms with Crippen LogP contribution in [0.2, 0.25) is 0 Å². The SMILES string of the molecule is C[C](I)CI. The van der Waals surface area contributed by atoms with Crippen LogP contribution < -0.4 is 0 Å². The highest BCUT2D eigenvalue weighted by Gasteiger charge is 1.85. The lowest BCUT2D eigenvalue weighted by Gasteiger charge is -1.85. The van der Waals surface area contributed by atoms with E-state index in [1.807, 2.05) is 0 Å². The Balaban J connectivity index is 2.54. The molecule has 0 aliphatic carbocycles. The molecule has 0 saturated carbocycles. The summed E-state index contributed by atoms with van der Waals surface area (Å²) in [5.74, 6) is 0. The van der Waals surface area contributed by atoms with Gasteiger partial charge in [-0.15, -0.1) is 0 Å². The van der Waals surface area contributed by atoms with Crippen LogP contribution in [0.15, 0.2) is 0 Å². The number of hydrogen-bond acceptors (Lipinski definition) is 0. The molecule has 0 N–H and O–H groups in total. The molecule has 0 aliphatic heterocycles. The fraction of sp³-hybridized carbons (Fsp3) is 0.667. The zero-order valence-electron chi connectivity index (χ0n) is 2.96. The highest BCUT2D eigenvalue weighted by atomic mass is 127. The van der Waals surface area contributed by atoms with Crippen LogP contribution in [0.25, 0.3) is 0 Å². The smallest absolute Gasteiger partial charge is 0.0433 e. The predicted molar refractivity (Wildman–Crippen MR) is 41.8 cm³/mol. The summed E-state index contributed by atoms with van der Waals surface area (Å²) < 4.78 is 2.64. The lowest BCUT2D eigenvalue weighted by Crippen LogP contribution is -1.72. The van der Waals surface area contributed by atoms with Gasteiger partial charge in [0.1, 0.15) is 0 Å². The molecular formula is C3H5I2. The molecule has 0 nitrogen and oxygen atoms in total. The summed E-state index contributed by atoms with van der Waals surface area (Å²) in [6, 6.07) is 0. The second kappa shape index (κ2) is 3.64. The normalized spacial score (nSPS) is 9.60. The summed E-state index contributed by atoms with van der Waals surface area (Å²) in [7, 11) is 0. The first-order valence-corrected chi connectivity index (χ1v) is 3.91. The largest absolute Gasteiger partial charge is 0.0849 e. The summed E-state index contributed by atoms with van der Waals surface area (Å²) >= 11 is 4.65. The van der Waals surface area contributed by atoms with Crippen molar-refractivity contribution < 1.29 is 0 Å². The quantitative estimate of drug-likeness (QED) is 0.515. The van der Waals surface area contributed by atoms with Gasteiger partial charge in [-0.1, -0.05) is 45.2 Å². The van der Waals surface area contributed by atoms with Crippen molar-refractivity contribution >= 4 is 45.2 Å². The van der Waals surface area contributed by atoms with Crippen molar-refractivity contribution in [2.45, 2.75) is 6.92 Å². The van der Waals surface area contributed by atoms with E-state index in [9.17, 15) is 0 Å². The van der Waals surface area contributed by atoms with Gasteiger partial charge < -0.3 is 0 Å². The van der Waals surface area contributed by atoms with Gasteiger partial charge in [-0.25, -0.2) is 0 Å². The van der Waals surface area contributed by atoms with E-state index in [1.165, 1.54) is 8.35 Å². The summed E-state index contributed by atoms with van der Waals surface area (Å²) in [6.07, 6.45) is 0. The van der Waals surface area contributed by atoms with Crippen molar-refractivity contribution in [1.82, 2.24) is 0 Å². The molecule has 2 heteroatoms. The number of alkyl halides is 1. The molecule has 0 fully saturated rings. The van der Waals surface area contributed by atoms with E-state index in [1.54, 1.807) is 0 Å². The van der Waals surface area contributed by atoms with E-state index >= 15 is 0 Å². The van der Waals surface area contributed by atoms with Crippen molar-refractivity contribution in [3.8, 4) is 0 Å². The fourth-order valence-corrected chi connectivity index (χ4v) is 0. The van der Waals surface area contributed by atoms with Crippen LogP contribution in [0.1, 0.15) is 6.92 Å². The molecule has 0 aromatic rings. The average Bonchev–Trinajstić information content (AvgIpc) is 1.38. The Hall–Kier alpha value is 1.46. The number of halogens is 2. The second-order valence-corrected chi connectivity index (χ2v) is 3.41. The lowest BCUT2D eigenvalue weighted by atomic mass is 10.6. The fourth-order valence-electron chi connectivity index (χ4n) is 0. The van der Waals surface area contributed by atoms with Gasteiger partial charge in [0.25, 0.3) is 0 Å². The van der Waals surface area contributed by atoms with Crippen LogP contribution in [-0.2, 0) is 0 Å². The molecule has 0 aromatic carbocycles. The summed E-state index contributed by atoms with van der Waals surface area (Å²) in [5, 5.41) is 0. The van der Waals surface area contributed by atoms with Crippen molar-refractivity contribution in [1.29, 1.82) is 0 Å². The van der Waals surface area contributed by atoms with Gasteiger partial charge in [-0.05, 0) is 6.92 Å². The third kappa shape index (κ3) is 5.46. The van der Waals surface area contributed by atoms with Gasteiger partial charge >= 0.3 is 0 Å². The summed E-state index contributed by atoms with van der Waals surface area (Å²) in [4.78, 5) is 0. The standard InChI is InChI=1S/C3H5I2/c1-3(5)2-4/h2H2,1H3. The Morgan fingerprint density at radius 1 is 1.80 bits per heavy atom. The highest BCUT2D eigenvalue weighted by Crippen LogP contribution is 2.10. The Morgan fingerprint density at radius 2 is 2.00 bits per heavy atom. The van der Waals surface area contributed by atoms with Crippen LogP contribution in [0.4, 0.5) is 0 Å². The van der Waals surface area contributed by atoms with Gasteiger partial charge in [0, 0.05) is 8.35 Å². The first-order valence-electron chi connectivity index (χ1n) is 1.31. The van der Waals surface area contributed by atoms with Gasteiger partial charge in [0.15, 0.2) is 0 Å². The van der Waals surface area contributed by atoms with Crippen LogP contribution >= 0.6 is 45.2 Å². The molecule has 5 heavy (non-hydrogen) atoms. The molecule has 0 spiro atoms. The maximum absolute atomic E-state index is 2.33. The maximum atomic E-state index is 2.33. The van der Waals surface area contributed by atoms with E-state index in [4.69, 9.17) is 0 Å². The molecule has 0 saturated heterocycles. The van der Waals surface area contributed by atoms with Crippen LogP contribution in [-0.4, -0.2) is 4.43 Å². The summed E-state index contributed by atoms with van der Waals surface area (Å²) in [6.45, 7) is 2.12. The van der Waals surface area contributed by atoms with Gasteiger partial charge in [-0.3, -0.25) is 0 Å². The minimum atomic E-state index is 1.18. The van der Waals surface area contributed by atoms with Crippen molar-refractivity contribution in [2.24, 2.45) is 0 Å². The monoisotopic (exact) mass is 295 g/mol. The Bertz CT molecular complexity index is 18.9. The van der Waals surface area contributed by atoms with Gasteiger partial charge in [0.2, 0.25) is 0 Å². The van der Waals surface area contributed by atoms with E-state index in [2.05, 4.69) is 52.1 Å². The average molecular weight is 295 g/mol. The molecule has 0 bridgehead atoms. The number of rotatable bonds is 1. The van der Waals surface area contributed by atoms with Crippen molar-refractivity contribution in [3.63, 3.8) is 0 Å². The van der Waals surface area contributed by atoms with E-state index < -0.39 is 0 Å². The first kappa shape index (κ1) is 6.46. The molecule has 0 atom stereocenters. The molecule has 0 aliphatic rings. The van der Waals surface area contributed by atoms with E-state index in [-0.39, 0.29) is 0 Å². The second-order valence-electron chi connectivity index (χ2n) is 0.810. The zero-order chi connectivity index (χ0) is 4.28. The molecular weight excluding hydrogens is 290 g/mol. The third-order valence-corrected chi connectivity index (χ3v) is 3.17. The van der Waals surface area contributed by atoms with Crippen molar-refractivity contribution in [3.05, 3.63) is 3.92 Å². The minimum absolute atomic E-state index is 1.18. The maximum Gasteiger partial charge on any atom is 0.0433 e. The third-order valence-electron chi connectivity index (χ3n) is 0.184. The Kier molecular flexibility index (Phi) is 4.71. The Labute approximate surface area is 60.0 Å². The lowest BCUT2D eigenvalue weighted by molar-refractivity contribution is 1.43. The van der Waals surface area contributed by atoms with Gasteiger partial charge in [-0.2, -0.15) is 0 Å². The molecule has 31 valence electrons. The van der Waals surface area contributed by atoms with E-state index in [0.717, 1.165) is 0 Å². The molecule has 0 amide bonds. The number of hydrogen-bond donors (Lipinski definition) is 0. The van der Waals surface area contributed by atoms with Crippen LogP contribution in [0.3, 0.4) is 0 Å². The van der Waals surface area contributed by atoms with Crippen LogP contribution in [0.5, 0.6) is 0 Å². The van der Waals surface area contributed by atoms with Crippen molar-refractivity contribution in [2.75, 3.05) is 4.43 Å². The molecule has 1 radical (unpaired) electrons. The molecule has 0 aromatic heterocycles. The minimum Gasteiger partial charge on any atom is -0.0849 e. The topological polar surface area (TPSA) is 0 Å². The molecule has 0 unspecified atom stereocenters. The van der Waals surface area contributed by atoms with Crippen LogP contribution in [0, 0.1) is 3.92 Å². The Morgan fingerprint density at radius 3 is 2.00 bits per heavy atom. The predicted octanol–water partition coefficient (Wildman–Crippen LogP) is 2.41. The first-order chi connectivity index (χ1) is 2.27. The summed E-state index contributed by atoms with van der Waals surface area (Å²) in [5.41, 5.74) is 0. The molecule has 0 rings (SSSR count). The van der Waals surface area contributed by atoms with Gasteiger partial charge in [0.05, 0.1) is 0 Å². The highest BCUT2D eigenvalue weighted by molar-refractivity contribution is 14.1. The molecule has 0 heterocycles. The zero-order valence-corrected chi connectivity index (χ0v) is 7.28.